The van der Waals surface area contributed by atoms with Crippen LogP contribution in [0.1, 0.15) is 33.0 Å². The Bertz CT molecular complexity index is 379. The first-order valence-corrected chi connectivity index (χ1v) is 6.94. The second kappa shape index (κ2) is 6.92. The third kappa shape index (κ3) is 4.80. The number of ether oxygens (including phenoxy) is 1. The Hall–Kier alpha value is -0.850. The van der Waals surface area contributed by atoms with Gasteiger partial charge < -0.3 is 10.2 Å². The highest BCUT2D eigenvalue weighted by Crippen LogP contribution is 2.24. The van der Waals surface area contributed by atoms with Crippen LogP contribution in [0.5, 0.6) is 0 Å². The number of nitrogens with zero attached hydrogens (tertiary/aromatic N) is 2. The highest BCUT2D eigenvalue weighted by molar-refractivity contribution is 7.99. The molecule has 0 aliphatic heterocycles. The van der Waals surface area contributed by atoms with Gasteiger partial charge in [-0.25, -0.2) is 15.8 Å². The van der Waals surface area contributed by atoms with E-state index >= 15 is 0 Å². The predicted octanol–water partition coefficient (Wildman–Crippen LogP) is 2.19. The second-order valence-corrected chi connectivity index (χ2v) is 6.12. The molecular formula is C12H22N4OS. The summed E-state index contributed by atoms with van der Waals surface area (Å²) < 4.78 is 5.02. The van der Waals surface area contributed by atoms with E-state index in [1.165, 1.54) is 0 Å². The van der Waals surface area contributed by atoms with Crippen molar-refractivity contribution < 1.29 is 4.74 Å². The van der Waals surface area contributed by atoms with Crippen molar-refractivity contribution in [2.45, 2.75) is 37.6 Å². The van der Waals surface area contributed by atoms with Gasteiger partial charge in [0.05, 0.1) is 0 Å². The number of rotatable bonds is 6. The molecule has 0 bridgehead atoms. The Labute approximate surface area is 113 Å². The molecule has 1 rings (SSSR count). The first-order valence-electron chi connectivity index (χ1n) is 5.95. The summed E-state index contributed by atoms with van der Waals surface area (Å²) in [5.74, 6) is 7.86. The smallest absolute Gasteiger partial charge is 0.144 e. The molecule has 0 fully saturated rings. The number of hydrogen-bond acceptors (Lipinski definition) is 6. The van der Waals surface area contributed by atoms with Gasteiger partial charge >= 0.3 is 0 Å². The Morgan fingerprint density at radius 3 is 2.67 bits per heavy atom. The summed E-state index contributed by atoms with van der Waals surface area (Å²) in [6.07, 6.45) is 1.00. The molecule has 18 heavy (non-hydrogen) atoms. The van der Waals surface area contributed by atoms with Crippen LogP contribution in [0.4, 0.5) is 5.82 Å². The maximum absolute atomic E-state index is 5.44. The third-order valence-electron chi connectivity index (χ3n) is 2.26. The van der Waals surface area contributed by atoms with Gasteiger partial charge in [0.15, 0.2) is 0 Å². The lowest BCUT2D eigenvalue weighted by molar-refractivity contribution is 0.200. The summed E-state index contributed by atoms with van der Waals surface area (Å²) in [7, 11) is 1.71. The molecule has 0 aliphatic carbocycles. The monoisotopic (exact) mass is 270 g/mol. The highest BCUT2D eigenvalue weighted by Gasteiger charge is 2.19. The first kappa shape index (κ1) is 15.2. The zero-order valence-electron chi connectivity index (χ0n) is 11.5. The van der Waals surface area contributed by atoms with Gasteiger partial charge in [0.2, 0.25) is 0 Å². The number of methoxy groups -OCH3 is 1. The molecular weight excluding hydrogens is 248 g/mol. The van der Waals surface area contributed by atoms with E-state index in [-0.39, 0.29) is 5.41 Å². The lowest BCUT2D eigenvalue weighted by Gasteiger charge is -2.18. The number of nitrogen functional groups attached to an aromatic ring is 1. The molecule has 1 heterocycles. The van der Waals surface area contributed by atoms with Crippen LogP contribution in [0.2, 0.25) is 0 Å². The van der Waals surface area contributed by atoms with Crippen LogP contribution >= 0.6 is 11.8 Å². The van der Waals surface area contributed by atoms with Crippen LogP contribution in [-0.4, -0.2) is 29.4 Å². The number of hydrazine groups is 1. The van der Waals surface area contributed by atoms with Crippen molar-refractivity contribution in [3.63, 3.8) is 0 Å². The number of nitrogens with two attached hydrogens (primary N) is 1. The number of aromatic nitrogens is 2. The average molecular weight is 270 g/mol. The van der Waals surface area contributed by atoms with E-state index in [0.717, 1.165) is 29.6 Å². The molecule has 0 atom stereocenters. The maximum Gasteiger partial charge on any atom is 0.144 e. The van der Waals surface area contributed by atoms with E-state index in [4.69, 9.17) is 10.6 Å². The van der Waals surface area contributed by atoms with Crippen molar-refractivity contribution >= 4 is 17.6 Å². The Morgan fingerprint density at radius 1 is 1.39 bits per heavy atom. The Morgan fingerprint density at radius 2 is 2.11 bits per heavy atom. The molecule has 0 aliphatic rings. The van der Waals surface area contributed by atoms with Gasteiger partial charge in [-0.05, 0) is 6.42 Å². The lowest BCUT2D eigenvalue weighted by atomic mass is 9.96. The van der Waals surface area contributed by atoms with Crippen molar-refractivity contribution in [2.24, 2.45) is 5.84 Å². The molecule has 102 valence electrons. The van der Waals surface area contributed by atoms with Gasteiger partial charge in [-0.2, -0.15) is 0 Å². The Balaban J connectivity index is 2.78. The minimum atomic E-state index is -0.0886. The maximum atomic E-state index is 5.44. The SMILES string of the molecule is COCCCSc1cc(NN)nc(C(C)(C)C)n1. The zero-order chi connectivity index (χ0) is 13.6. The second-order valence-electron chi connectivity index (χ2n) is 5.00. The van der Waals surface area contributed by atoms with Gasteiger partial charge in [-0.1, -0.05) is 20.8 Å². The summed E-state index contributed by atoms with van der Waals surface area (Å²) in [6.45, 7) is 7.03. The van der Waals surface area contributed by atoms with Gasteiger partial charge in [0.25, 0.3) is 0 Å². The van der Waals surface area contributed by atoms with Crippen molar-refractivity contribution in [3.05, 3.63) is 11.9 Å². The van der Waals surface area contributed by atoms with Crippen LogP contribution in [0, 0.1) is 0 Å². The molecule has 6 heteroatoms. The minimum Gasteiger partial charge on any atom is -0.385 e. The summed E-state index contributed by atoms with van der Waals surface area (Å²) in [6, 6.07) is 1.87. The largest absolute Gasteiger partial charge is 0.385 e. The molecule has 0 radical (unpaired) electrons. The van der Waals surface area contributed by atoms with E-state index in [1.54, 1.807) is 18.9 Å². The number of nitrogens with one attached hydrogen (secondary N) is 1. The normalized spacial score (nSPS) is 11.6. The van der Waals surface area contributed by atoms with E-state index in [9.17, 15) is 0 Å². The fraction of sp³-hybridized carbons (Fsp3) is 0.667. The van der Waals surface area contributed by atoms with Crippen LogP contribution in [0.15, 0.2) is 11.1 Å². The molecule has 1 aromatic heterocycles. The number of thioether (sulfide) groups is 1. The van der Waals surface area contributed by atoms with E-state index < -0.39 is 0 Å². The fourth-order valence-electron chi connectivity index (χ4n) is 1.29. The van der Waals surface area contributed by atoms with Gasteiger partial charge in [0, 0.05) is 31.0 Å². The van der Waals surface area contributed by atoms with E-state index in [1.807, 2.05) is 6.07 Å². The molecule has 0 unspecified atom stereocenters. The van der Waals surface area contributed by atoms with Gasteiger partial charge in [-0.3, -0.25) is 0 Å². The molecule has 0 amide bonds. The van der Waals surface area contributed by atoms with Crippen LogP contribution in [0.25, 0.3) is 0 Å². The van der Waals surface area contributed by atoms with Crippen LogP contribution in [0.3, 0.4) is 0 Å². The van der Waals surface area contributed by atoms with Crippen molar-refractivity contribution in [2.75, 3.05) is 24.9 Å². The van der Waals surface area contributed by atoms with E-state index in [0.29, 0.717) is 5.82 Å². The number of anilines is 1. The van der Waals surface area contributed by atoms with Crippen molar-refractivity contribution in [1.29, 1.82) is 0 Å². The van der Waals surface area contributed by atoms with Crippen LogP contribution in [-0.2, 0) is 10.2 Å². The molecule has 1 aromatic rings. The third-order valence-corrected chi connectivity index (χ3v) is 3.26. The summed E-state index contributed by atoms with van der Waals surface area (Å²) in [5.41, 5.74) is 2.50. The average Bonchev–Trinajstić information content (AvgIpc) is 2.33. The highest BCUT2D eigenvalue weighted by atomic mass is 32.2. The first-order chi connectivity index (χ1) is 8.47. The summed E-state index contributed by atoms with van der Waals surface area (Å²) in [5, 5.41) is 0.943. The van der Waals surface area contributed by atoms with Crippen molar-refractivity contribution in [1.82, 2.24) is 9.97 Å². The molecule has 5 nitrogen and oxygen atoms in total. The fourth-order valence-corrected chi connectivity index (χ4v) is 2.11. The topological polar surface area (TPSA) is 73.1 Å². The summed E-state index contributed by atoms with van der Waals surface area (Å²) >= 11 is 1.69. The molecule has 0 spiro atoms. The molecule has 3 N–H and O–H groups in total. The summed E-state index contributed by atoms with van der Waals surface area (Å²) in [4.78, 5) is 8.95. The zero-order valence-corrected chi connectivity index (χ0v) is 12.3. The van der Waals surface area contributed by atoms with Crippen molar-refractivity contribution in [3.8, 4) is 0 Å². The Kier molecular flexibility index (Phi) is 5.84. The van der Waals surface area contributed by atoms with E-state index in [2.05, 4.69) is 36.2 Å². The van der Waals surface area contributed by atoms with Gasteiger partial charge in [0.1, 0.15) is 16.7 Å². The predicted molar refractivity (Wildman–Crippen MR) is 75.8 cm³/mol. The van der Waals surface area contributed by atoms with Crippen LogP contribution < -0.4 is 11.3 Å². The molecule has 0 aromatic carbocycles. The standard InChI is InChI=1S/C12H22N4OS/c1-12(2,3)11-14-9(16-13)8-10(15-11)18-7-5-6-17-4/h8H,5-7,13H2,1-4H3,(H,14,15,16). The van der Waals surface area contributed by atoms with Gasteiger partial charge in [-0.15, -0.1) is 11.8 Å². The molecule has 0 saturated heterocycles. The molecule has 0 saturated carbocycles. The number of hydrogen-bond donors (Lipinski definition) is 2. The lowest BCUT2D eigenvalue weighted by Crippen LogP contribution is -2.19. The minimum absolute atomic E-state index is 0.0886. The quantitative estimate of drug-likeness (QED) is 0.271.